The number of aromatic carboxylic acids is 2. The van der Waals surface area contributed by atoms with Gasteiger partial charge in [-0.1, -0.05) is 48.0 Å². The lowest BCUT2D eigenvalue weighted by Gasteiger charge is -2.16. The van der Waals surface area contributed by atoms with Gasteiger partial charge in [0, 0.05) is 22.0 Å². The van der Waals surface area contributed by atoms with E-state index in [1.54, 1.807) is 24.3 Å². The third-order valence-corrected chi connectivity index (χ3v) is 5.47. The van der Waals surface area contributed by atoms with Crippen molar-refractivity contribution in [1.29, 1.82) is 0 Å². The maximum atomic E-state index is 13.2. The lowest BCUT2D eigenvalue weighted by molar-refractivity contribution is 0.0686. The van der Waals surface area contributed by atoms with Crippen LogP contribution in [0.1, 0.15) is 42.2 Å². The predicted molar refractivity (Wildman–Crippen MR) is 127 cm³/mol. The first-order valence-corrected chi connectivity index (χ1v) is 10.3. The number of rotatable bonds is 5. The predicted octanol–water partition coefficient (Wildman–Crippen LogP) is 5.77. The molecule has 4 rings (SSSR count). The Morgan fingerprint density at radius 3 is 1.88 bits per heavy atom. The summed E-state index contributed by atoms with van der Waals surface area (Å²) in [6.45, 7) is 3.81. The summed E-state index contributed by atoms with van der Waals surface area (Å²) >= 11 is 0. The topological polar surface area (TPSA) is 104 Å². The SMILES string of the molecule is Cc1cccc(NC(=O)c2ccc(C(=O)O)c3c(-c4cccc(C)c4)ccc(C(=O)O)c23)c1. The first-order chi connectivity index (χ1) is 15.8. The van der Waals surface area contributed by atoms with Crippen molar-refractivity contribution in [3.63, 3.8) is 0 Å². The van der Waals surface area contributed by atoms with Crippen LogP contribution in [0.25, 0.3) is 21.9 Å². The lowest BCUT2D eigenvalue weighted by atomic mass is 9.88. The molecular formula is C27H21NO5. The Bertz CT molecular complexity index is 1440. The highest BCUT2D eigenvalue weighted by Crippen LogP contribution is 2.36. The molecule has 0 fully saturated rings. The molecule has 0 atom stereocenters. The molecule has 33 heavy (non-hydrogen) atoms. The molecule has 0 heterocycles. The maximum Gasteiger partial charge on any atom is 0.336 e. The summed E-state index contributed by atoms with van der Waals surface area (Å²) in [6.07, 6.45) is 0. The fourth-order valence-corrected chi connectivity index (χ4v) is 4.02. The summed E-state index contributed by atoms with van der Waals surface area (Å²) in [4.78, 5) is 37.5. The smallest absolute Gasteiger partial charge is 0.336 e. The van der Waals surface area contributed by atoms with Gasteiger partial charge in [-0.15, -0.1) is 0 Å². The number of anilines is 1. The number of fused-ring (bicyclic) bond motifs is 1. The highest BCUT2D eigenvalue weighted by atomic mass is 16.4. The van der Waals surface area contributed by atoms with Crippen molar-refractivity contribution in [2.45, 2.75) is 13.8 Å². The van der Waals surface area contributed by atoms with E-state index in [0.29, 0.717) is 11.3 Å². The lowest BCUT2D eigenvalue weighted by Crippen LogP contribution is -2.15. The third kappa shape index (κ3) is 4.19. The van der Waals surface area contributed by atoms with Crippen molar-refractivity contribution >= 4 is 34.3 Å². The van der Waals surface area contributed by atoms with E-state index >= 15 is 0 Å². The summed E-state index contributed by atoms with van der Waals surface area (Å²) in [6, 6.07) is 20.4. The van der Waals surface area contributed by atoms with Crippen LogP contribution in [0.4, 0.5) is 5.69 Å². The second-order valence-corrected chi connectivity index (χ2v) is 7.87. The Kier molecular flexibility index (Phi) is 5.67. The monoisotopic (exact) mass is 439 g/mol. The molecule has 0 aliphatic carbocycles. The van der Waals surface area contributed by atoms with Gasteiger partial charge in [-0.25, -0.2) is 9.59 Å². The molecule has 0 spiro atoms. The average Bonchev–Trinajstić information content (AvgIpc) is 2.77. The van der Waals surface area contributed by atoms with Gasteiger partial charge >= 0.3 is 11.9 Å². The minimum absolute atomic E-state index is 0.0725. The molecule has 0 radical (unpaired) electrons. The molecule has 6 nitrogen and oxygen atoms in total. The standard InChI is InChI=1S/C27H21NO5/c1-15-5-3-7-17(13-15)19-9-11-22(27(32)33)24-20(10-12-21(23(19)24)26(30)31)25(29)28-18-8-4-6-16(2)14-18/h3-14H,1-2H3,(H,28,29)(H,30,31)(H,32,33). The van der Waals surface area contributed by atoms with Gasteiger partial charge in [0.05, 0.1) is 11.1 Å². The van der Waals surface area contributed by atoms with E-state index in [2.05, 4.69) is 5.32 Å². The van der Waals surface area contributed by atoms with Crippen molar-refractivity contribution in [2.24, 2.45) is 0 Å². The van der Waals surface area contributed by atoms with Gasteiger partial charge in [-0.2, -0.15) is 0 Å². The van der Waals surface area contributed by atoms with Crippen LogP contribution in [0.15, 0.2) is 72.8 Å². The number of hydrogen-bond donors (Lipinski definition) is 3. The second-order valence-electron chi connectivity index (χ2n) is 7.87. The van der Waals surface area contributed by atoms with E-state index in [0.717, 1.165) is 16.7 Å². The van der Waals surface area contributed by atoms with Crippen molar-refractivity contribution < 1.29 is 24.6 Å². The average molecular weight is 439 g/mol. The van der Waals surface area contributed by atoms with Crippen molar-refractivity contribution in [2.75, 3.05) is 5.32 Å². The van der Waals surface area contributed by atoms with Gasteiger partial charge in [0.25, 0.3) is 5.91 Å². The Balaban J connectivity index is 2.03. The van der Waals surface area contributed by atoms with Gasteiger partial charge < -0.3 is 15.5 Å². The molecule has 6 heteroatoms. The number of benzene rings is 4. The fourth-order valence-electron chi connectivity index (χ4n) is 4.02. The molecule has 0 saturated heterocycles. The summed E-state index contributed by atoms with van der Waals surface area (Å²) < 4.78 is 0. The summed E-state index contributed by atoms with van der Waals surface area (Å²) in [5, 5.41) is 22.9. The van der Waals surface area contributed by atoms with Crippen molar-refractivity contribution in [1.82, 2.24) is 0 Å². The largest absolute Gasteiger partial charge is 0.478 e. The van der Waals surface area contributed by atoms with E-state index < -0.39 is 17.8 Å². The van der Waals surface area contributed by atoms with E-state index in [4.69, 9.17) is 0 Å². The molecule has 0 unspecified atom stereocenters. The molecule has 0 aliphatic heterocycles. The van der Waals surface area contributed by atoms with Gasteiger partial charge in [0.2, 0.25) is 0 Å². The minimum Gasteiger partial charge on any atom is -0.478 e. The number of nitrogens with one attached hydrogen (secondary N) is 1. The molecular weight excluding hydrogens is 418 g/mol. The zero-order valence-corrected chi connectivity index (χ0v) is 18.0. The van der Waals surface area contributed by atoms with E-state index in [1.165, 1.54) is 18.2 Å². The summed E-state index contributed by atoms with van der Waals surface area (Å²) in [7, 11) is 0. The molecule has 0 aliphatic rings. The normalized spacial score (nSPS) is 10.7. The van der Waals surface area contributed by atoms with Crippen LogP contribution in [-0.2, 0) is 0 Å². The van der Waals surface area contributed by atoms with Gasteiger partial charge in [0.15, 0.2) is 0 Å². The molecule has 0 bridgehead atoms. The van der Waals surface area contributed by atoms with Crippen LogP contribution in [0.3, 0.4) is 0 Å². The van der Waals surface area contributed by atoms with Gasteiger partial charge in [-0.05, 0) is 60.9 Å². The quantitative estimate of drug-likeness (QED) is 0.366. The molecule has 0 aromatic heterocycles. The molecule has 4 aromatic carbocycles. The highest BCUT2D eigenvalue weighted by molar-refractivity contribution is 6.23. The van der Waals surface area contributed by atoms with E-state index in [1.807, 2.05) is 44.2 Å². The maximum absolute atomic E-state index is 13.2. The van der Waals surface area contributed by atoms with Crippen LogP contribution < -0.4 is 5.32 Å². The number of carbonyl (C=O) groups is 3. The Morgan fingerprint density at radius 2 is 1.24 bits per heavy atom. The number of carboxylic acids is 2. The summed E-state index contributed by atoms with van der Waals surface area (Å²) in [5.74, 6) is -2.98. The summed E-state index contributed by atoms with van der Waals surface area (Å²) in [5.41, 5.74) is 3.62. The first kappa shape index (κ1) is 21.8. The second kappa shape index (κ2) is 8.59. The van der Waals surface area contributed by atoms with Crippen molar-refractivity contribution in [3.05, 3.63) is 101 Å². The van der Waals surface area contributed by atoms with E-state index in [9.17, 15) is 24.6 Å². The number of amides is 1. The molecule has 0 saturated carbocycles. The van der Waals surface area contributed by atoms with Crippen LogP contribution in [0, 0.1) is 13.8 Å². The van der Waals surface area contributed by atoms with Crippen LogP contribution in [0.5, 0.6) is 0 Å². The zero-order valence-electron chi connectivity index (χ0n) is 18.0. The minimum atomic E-state index is -1.25. The number of hydrogen-bond acceptors (Lipinski definition) is 3. The highest BCUT2D eigenvalue weighted by Gasteiger charge is 2.24. The third-order valence-electron chi connectivity index (χ3n) is 5.47. The first-order valence-electron chi connectivity index (χ1n) is 10.3. The Labute approximate surface area is 190 Å². The van der Waals surface area contributed by atoms with Crippen molar-refractivity contribution in [3.8, 4) is 11.1 Å². The number of carbonyl (C=O) groups excluding carboxylic acids is 1. The Hall–Kier alpha value is -4.45. The Morgan fingerprint density at radius 1 is 0.667 bits per heavy atom. The van der Waals surface area contributed by atoms with Crippen LogP contribution in [0.2, 0.25) is 0 Å². The number of aryl methyl sites for hydroxylation is 2. The number of carboxylic acid groups (broad SMARTS) is 2. The molecule has 1 amide bonds. The fraction of sp³-hybridized carbons (Fsp3) is 0.0741. The molecule has 164 valence electrons. The molecule has 4 aromatic rings. The van der Waals surface area contributed by atoms with E-state index in [-0.39, 0.29) is 27.5 Å². The van der Waals surface area contributed by atoms with Crippen LogP contribution >= 0.6 is 0 Å². The van der Waals surface area contributed by atoms with Gasteiger partial charge in [-0.3, -0.25) is 4.79 Å². The van der Waals surface area contributed by atoms with Gasteiger partial charge in [0.1, 0.15) is 0 Å². The molecule has 3 N–H and O–H groups in total. The zero-order chi connectivity index (χ0) is 23.7. The van der Waals surface area contributed by atoms with Crippen LogP contribution in [-0.4, -0.2) is 28.1 Å².